The first-order valence-electron chi connectivity index (χ1n) is 14.6. The number of rotatable bonds is 4. The summed E-state index contributed by atoms with van der Waals surface area (Å²) >= 11 is 1.84. The third-order valence-corrected chi connectivity index (χ3v) is 9.72. The molecule has 43 heavy (non-hydrogen) atoms. The quantitative estimate of drug-likeness (QED) is 0.207. The van der Waals surface area contributed by atoms with Crippen molar-refractivity contribution in [2.45, 2.75) is 0 Å². The number of fused-ring (bicyclic) bond motifs is 9. The summed E-state index contributed by atoms with van der Waals surface area (Å²) < 4.78 is 2.58. The lowest BCUT2D eigenvalue weighted by Crippen LogP contribution is -1.93. The number of hydrogen-bond acceptors (Lipinski definition) is 3. The molecular formula is C40H26N2S. The van der Waals surface area contributed by atoms with E-state index >= 15 is 0 Å². The monoisotopic (exact) mass is 566 g/mol. The van der Waals surface area contributed by atoms with Crippen LogP contribution in [-0.4, -0.2) is 0 Å². The van der Waals surface area contributed by atoms with Gasteiger partial charge in [0.25, 0.3) is 0 Å². The van der Waals surface area contributed by atoms with Crippen LogP contribution in [0.25, 0.3) is 63.3 Å². The Kier molecular flexibility index (Phi) is 5.40. The molecule has 0 saturated heterocycles. The molecule has 0 aliphatic carbocycles. The molecule has 0 radical (unpaired) electrons. The third kappa shape index (κ3) is 4.01. The van der Waals surface area contributed by atoms with Gasteiger partial charge in [-0.05, 0) is 80.8 Å². The minimum atomic E-state index is 1.09. The maximum atomic E-state index is 3.77. The number of anilines is 4. The first-order chi connectivity index (χ1) is 21.3. The summed E-state index contributed by atoms with van der Waals surface area (Å²) in [5, 5.41) is 20.1. The number of hydrogen-bond donors (Lipinski definition) is 2. The molecule has 0 amide bonds. The van der Waals surface area contributed by atoms with E-state index in [0.717, 1.165) is 22.7 Å². The molecule has 9 rings (SSSR count). The van der Waals surface area contributed by atoms with Crippen molar-refractivity contribution < 1.29 is 0 Å². The minimum Gasteiger partial charge on any atom is -0.355 e. The normalized spacial score (nSPS) is 11.7. The summed E-state index contributed by atoms with van der Waals surface area (Å²) in [4.78, 5) is 0. The number of thiophene rings is 1. The van der Waals surface area contributed by atoms with Crippen LogP contribution < -0.4 is 10.6 Å². The van der Waals surface area contributed by atoms with Crippen LogP contribution in [0, 0.1) is 0 Å². The smallest absolute Gasteiger partial charge is 0.0470 e. The predicted octanol–water partition coefficient (Wildman–Crippen LogP) is 12.2. The molecule has 3 heteroatoms. The molecule has 0 aliphatic rings. The molecule has 9 aromatic rings. The van der Waals surface area contributed by atoms with E-state index in [-0.39, 0.29) is 0 Å². The minimum absolute atomic E-state index is 1.09. The van der Waals surface area contributed by atoms with Crippen LogP contribution in [0.15, 0.2) is 146 Å². The van der Waals surface area contributed by atoms with Crippen molar-refractivity contribution in [3.63, 3.8) is 0 Å². The molecule has 0 saturated carbocycles. The summed E-state index contributed by atoms with van der Waals surface area (Å²) in [6.07, 6.45) is 0. The van der Waals surface area contributed by atoms with E-state index in [2.05, 4.69) is 156 Å². The molecule has 0 aliphatic heterocycles. The van der Waals surface area contributed by atoms with Gasteiger partial charge in [-0.1, -0.05) is 97.1 Å². The molecule has 2 nitrogen and oxygen atoms in total. The average Bonchev–Trinajstić information content (AvgIpc) is 3.42. The van der Waals surface area contributed by atoms with E-state index < -0.39 is 0 Å². The Morgan fingerprint density at radius 3 is 1.19 bits per heavy atom. The molecule has 2 N–H and O–H groups in total. The van der Waals surface area contributed by atoms with E-state index in [1.807, 2.05) is 11.3 Å². The van der Waals surface area contributed by atoms with E-state index in [0.29, 0.717) is 0 Å². The second-order valence-electron chi connectivity index (χ2n) is 11.2. The van der Waals surface area contributed by atoms with Crippen LogP contribution in [0.2, 0.25) is 0 Å². The van der Waals surface area contributed by atoms with Crippen molar-refractivity contribution in [3.05, 3.63) is 146 Å². The fourth-order valence-electron chi connectivity index (χ4n) is 6.56. The van der Waals surface area contributed by atoms with Gasteiger partial charge in [-0.25, -0.2) is 0 Å². The van der Waals surface area contributed by atoms with Crippen LogP contribution in [0.5, 0.6) is 0 Å². The van der Waals surface area contributed by atoms with Gasteiger partial charge in [0.15, 0.2) is 0 Å². The van der Waals surface area contributed by atoms with Crippen LogP contribution in [-0.2, 0) is 0 Å². The van der Waals surface area contributed by atoms with Crippen molar-refractivity contribution in [3.8, 4) is 0 Å². The molecule has 0 bridgehead atoms. The second kappa shape index (κ2) is 9.59. The Labute approximate surface area is 252 Å². The van der Waals surface area contributed by atoms with E-state index in [4.69, 9.17) is 0 Å². The summed E-state index contributed by atoms with van der Waals surface area (Å²) in [5.74, 6) is 0. The first kappa shape index (κ1) is 24.2. The molecule has 0 unspecified atom stereocenters. The highest BCUT2D eigenvalue weighted by molar-refractivity contribution is 7.25. The lowest BCUT2D eigenvalue weighted by molar-refractivity contribution is 1.62. The summed E-state index contributed by atoms with van der Waals surface area (Å²) in [7, 11) is 0. The standard InChI is InChI=1S/C40H26N2S/c1-3-11-29-25(9-1)21-37(33-15-7-5-13-31(29)33)41-27-17-19-39-35(23-27)36-24-28(18-20-40(36)43-39)42-38-22-26-10-2-4-12-30(26)32-14-6-8-16-34(32)38/h1-24,41-42H. The van der Waals surface area contributed by atoms with Gasteiger partial charge in [-0.15, -0.1) is 11.3 Å². The zero-order valence-electron chi connectivity index (χ0n) is 23.3. The molecule has 0 atom stereocenters. The predicted molar refractivity (Wildman–Crippen MR) is 189 cm³/mol. The zero-order valence-corrected chi connectivity index (χ0v) is 24.1. The molecule has 1 aromatic heterocycles. The van der Waals surface area contributed by atoms with Crippen molar-refractivity contribution in [1.82, 2.24) is 0 Å². The second-order valence-corrected chi connectivity index (χ2v) is 12.2. The van der Waals surface area contributed by atoms with Crippen molar-refractivity contribution in [1.29, 1.82) is 0 Å². The third-order valence-electron chi connectivity index (χ3n) is 8.56. The van der Waals surface area contributed by atoms with Gasteiger partial charge in [0, 0.05) is 53.7 Å². The summed E-state index contributed by atoms with van der Waals surface area (Å²) in [6, 6.07) is 52.6. The molecule has 0 spiro atoms. The van der Waals surface area contributed by atoms with E-state index in [1.165, 1.54) is 63.3 Å². The zero-order chi connectivity index (χ0) is 28.3. The fourth-order valence-corrected chi connectivity index (χ4v) is 7.63. The van der Waals surface area contributed by atoms with Crippen LogP contribution in [0.3, 0.4) is 0 Å². The molecular weight excluding hydrogens is 541 g/mol. The van der Waals surface area contributed by atoms with Gasteiger partial charge in [0.1, 0.15) is 0 Å². The highest BCUT2D eigenvalue weighted by atomic mass is 32.1. The Balaban J connectivity index is 1.14. The molecule has 1 heterocycles. The maximum absolute atomic E-state index is 3.77. The summed E-state index contributed by atoms with van der Waals surface area (Å²) in [5.41, 5.74) is 4.43. The molecule has 0 fully saturated rings. The Morgan fingerprint density at radius 2 is 0.721 bits per heavy atom. The van der Waals surface area contributed by atoms with Crippen molar-refractivity contribution >= 4 is 97.3 Å². The fraction of sp³-hybridized carbons (Fsp3) is 0. The van der Waals surface area contributed by atoms with E-state index in [9.17, 15) is 0 Å². The van der Waals surface area contributed by atoms with Gasteiger partial charge in [0.05, 0.1) is 0 Å². The number of benzene rings is 8. The van der Waals surface area contributed by atoms with E-state index in [1.54, 1.807) is 0 Å². The molecule has 8 aromatic carbocycles. The molecule has 202 valence electrons. The number of nitrogens with one attached hydrogen (secondary N) is 2. The largest absolute Gasteiger partial charge is 0.355 e. The maximum Gasteiger partial charge on any atom is 0.0470 e. The van der Waals surface area contributed by atoms with Crippen molar-refractivity contribution in [2.24, 2.45) is 0 Å². The van der Waals surface area contributed by atoms with Gasteiger partial charge in [0.2, 0.25) is 0 Å². The highest BCUT2D eigenvalue weighted by Gasteiger charge is 2.12. The average molecular weight is 567 g/mol. The highest BCUT2D eigenvalue weighted by Crippen LogP contribution is 2.40. The summed E-state index contributed by atoms with van der Waals surface area (Å²) in [6.45, 7) is 0. The SMILES string of the molecule is c1ccc2c(c1)cc(Nc1ccc3sc4ccc(Nc5cc6ccccc6c6ccccc56)cc4c3c1)c1ccccc12. The van der Waals surface area contributed by atoms with Gasteiger partial charge >= 0.3 is 0 Å². The lowest BCUT2D eigenvalue weighted by atomic mass is 10.00. The van der Waals surface area contributed by atoms with Gasteiger partial charge in [-0.2, -0.15) is 0 Å². The van der Waals surface area contributed by atoms with Crippen LogP contribution in [0.1, 0.15) is 0 Å². The van der Waals surface area contributed by atoms with Crippen molar-refractivity contribution in [2.75, 3.05) is 10.6 Å². The van der Waals surface area contributed by atoms with Crippen LogP contribution in [0.4, 0.5) is 22.7 Å². The Bertz CT molecular complexity index is 2350. The lowest BCUT2D eigenvalue weighted by Gasteiger charge is -2.13. The Morgan fingerprint density at radius 1 is 0.326 bits per heavy atom. The topological polar surface area (TPSA) is 24.1 Å². The van der Waals surface area contributed by atoms with Gasteiger partial charge in [-0.3, -0.25) is 0 Å². The van der Waals surface area contributed by atoms with Crippen LogP contribution >= 0.6 is 11.3 Å². The first-order valence-corrected chi connectivity index (χ1v) is 15.4. The van der Waals surface area contributed by atoms with Gasteiger partial charge < -0.3 is 10.6 Å². The Hall–Kier alpha value is -5.38.